The maximum atomic E-state index is 12.1. The Morgan fingerprint density at radius 3 is 3.21 bits per heavy atom. The summed E-state index contributed by atoms with van der Waals surface area (Å²) in [5, 5.41) is 2.77. The van der Waals surface area contributed by atoms with Crippen LogP contribution in [0.1, 0.15) is 25.3 Å². The van der Waals surface area contributed by atoms with Crippen molar-refractivity contribution in [3.8, 4) is 11.8 Å². The van der Waals surface area contributed by atoms with Crippen molar-refractivity contribution in [3.63, 3.8) is 0 Å². The summed E-state index contributed by atoms with van der Waals surface area (Å²) in [4.78, 5) is 16.2. The lowest BCUT2D eigenvalue weighted by atomic mass is 10.0. The summed E-state index contributed by atoms with van der Waals surface area (Å²) in [6.07, 6.45) is 3.23. The first-order valence-corrected chi connectivity index (χ1v) is 6.24. The summed E-state index contributed by atoms with van der Waals surface area (Å²) in [5.41, 5.74) is 5.34. The molecule has 3 N–H and O–H groups in total. The summed E-state index contributed by atoms with van der Waals surface area (Å²) < 4.78 is 5.49. The maximum Gasteiger partial charge on any atom is 0.257 e. The van der Waals surface area contributed by atoms with Crippen LogP contribution in [0.25, 0.3) is 0 Å². The average molecular weight is 259 g/mol. The molecule has 1 unspecified atom stereocenters. The molecule has 100 valence electrons. The topological polar surface area (TPSA) is 77.2 Å². The SMILES string of the molecule is CC1(C(=O)Nc2cc(C#CCN)ccn2)CCCO1. The van der Waals surface area contributed by atoms with E-state index < -0.39 is 5.60 Å². The first-order valence-electron chi connectivity index (χ1n) is 6.24. The zero-order valence-electron chi connectivity index (χ0n) is 10.9. The fraction of sp³-hybridized carbons (Fsp3) is 0.429. The molecule has 19 heavy (non-hydrogen) atoms. The van der Waals surface area contributed by atoms with E-state index in [9.17, 15) is 4.79 Å². The van der Waals surface area contributed by atoms with Crippen LogP contribution in [0, 0.1) is 11.8 Å². The largest absolute Gasteiger partial charge is 0.365 e. The standard InChI is InChI=1S/C14H17N3O2/c1-14(6-3-9-19-14)13(18)17-12-10-11(4-2-7-15)5-8-16-12/h5,8,10H,3,6-7,9,15H2,1H3,(H,16,17,18). The highest BCUT2D eigenvalue weighted by Crippen LogP contribution is 2.26. The van der Waals surface area contributed by atoms with Crippen LogP contribution in [0.2, 0.25) is 0 Å². The molecule has 0 aromatic carbocycles. The molecule has 1 aliphatic heterocycles. The molecule has 5 heteroatoms. The highest BCUT2D eigenvalue weighted by atomic mass is 16.5. The monoisotopic (exact) mass is 259 g/mol. The minimum Gasteiger partial charge on any atom is -0.365 e. The Labute approximate surface area is 112 Å². The van der Waals surface area contributed by atoms with Gasteiger partial charge in [0.2, 0.25) is 0 Å². The third kappa shape index (κ3) is 3.31. The lowest BCUT2D eigenvalue weighted by Gasteiger charge is -2.21. The van der Waals surface area contributed by atoms with Crippen LogP contribution in [-0.4, -0.2) is 29.6 Å². The Hall–Kier alpha value is -1.90. The molecule has 1 saturated heterocycles. The average Bonchev–Trinajstić information content (AvgIpc) is 2.85. The van der Waals surface area contributed by atoms with Gasteiger partial charge in [-0.05, 0) is 31.9 Å². The Morgan fingerprint density at radius 1 is 1.68 bits per heavy atom. The van der Waals surface area contributed by atoms with E-state index in [0.29, 0.717) is 19.0 Å². The second-order valence-corrected chi connectivity index (χ2v) is 4.57. The van der Waals surface area contributed by atoms with Gasteiger partial charge in [0.15, 0.2) is 0 Å². The van der Waals surface area contributed by atoms with Crippen molar-refractivity contribution >= 4 is 11.7 Å². The van der Waals surface area contributed by atoms with Gasteiger partial charge < -0.3 is 15.8 Å². The van der Waals surface area contributed by atoms with E-state index in [-0.39, 0.29) is 5.91 Å². The number of hydrogen-bond acceptors (Lipinski definition) is 4. The molecular weight excluding hydrogens is 242 g/mol. The number of amides is 1. The van der Waals surface area contributed by atoms with Crippen LogP contribution in [0.4, 0.5) is 5.82 Å². The molecule has 0 spiro atoms. The van der Waals surface area contributed by atoms with E-state index in [4.69, 9.17) is 10.5 Å². The van der Waals surface area contributed by atoms with Crippen LogP contribution in [0.5, 0.6) is 0 Å². The summed E-state index contributed by atoms with van der Waals surface area (Å²) >= 11 is 0. The fourth-order valence-electron chi connectivity index (χ4n) is 1.94. The molecule has 1 amide bonds. The number of carbonyl (C=O) groups excluding carboxylic acids is 1. The predicted octanol–water partition coefficient (Wildman–Crippen LogP) is 0.899. The molecule has 1 aliphatic rings. The number of anilines is 1. The zero-order valence-corrected chi connectivity index (χ0v) is 10.9. The molecule has 1 aromatic heterocycles. The molecule has 5 nitrogen and oxygen atoms in total. The Bertz CT molecular complexity index is 525. The third-order valence-corrected chi connectivity index (χ3v) is 3.04. The van der Waals surface area contributed by atoms with Crippen molar-refractivity contribution in [2.24, 2.45) is 5.73 Å². The van der Waals surface area contributed by atoms with Crippen LogP contribution >= 0.6 is 0 Å². The lowest BCUT2D eigenvalue weighted by Crippen LogP contribution is -2.39. The lowest BCUT2D eigenvalue weighted by molar-refractivity contribution is -0.133. The van der Waals surface area contributed by atoms with Gasteiger partial charge >= 0.3 is 0 Å². The second-order valence-electron chi connectivity index (χ2n) is 4.57. The normalized spacial score (nSPS) is 21.6. The van der Waals surface area contributed by atoms with Gasteiger partial charge in [0, 0.05) is 18.4 Å². The number of aromatic nitrogens is 1. The minimum absolute atomic E-state index is 0.165. The van der Waals surface area contributed by atoms with Crippen LogP contribution in [0.3, 0.4) is 0 Å². The molecule has 1 aromatic rings. The van der Waals surface area contributed by atoms with Crippen molar-refractivity contribution in [2.75, 3.05) is 18.5 Å². The molecule has 1 fully saturated rings. The van der Waals surface area contributed by atoms with Gasteiger partial charge in [-0.1, -0.05) is 11.8 Å². The van der Waals surface area contributed by atoms with Gasteiger partial charge in [-0.2, -0.15) is 0 Å². The Balaban J connectivity index is 2.08. The molecule has 0 radical (unpaired) electrons. The number of rotatable bonds is 2. The van der Waals surface area contributed by atoms with Crippen LogP contribution in [-0.2, 0) is 9.53 Å². The number of hydrogen-bond donors (Lipinski definition) is 2. The first kappa shape index (κ1) is 13.5. The van der Waals surface area contributed by atoms with Gasteiger partial charge in [0.05, 0.1) is 6.54 Å². The molecule has 0 bridgehead atoms. The van der Waals surface area contributed by atoms with Crippen LogP contribution < -0.4 is 11.1 Å². The van der Waals surface area contributed by atoms with Crippen molar-refractivity contribution in [1.29, 1.82) is 0 Å². The number of pyridine rings is 1. The van der Waals surface area contributed by atoms with Crippen molar-refractivity contribution in [2.45, 2.75) is 25.4 Å². The highest BCUT2D eigenvalue weighted by Gasteiger charge is 2.37. The van der Waals surface area contributed by atoms with E-state index in [2.05, 4.69) is 22.1 Å². The highest BCUT2D eigenvalue weighted by molar-refractivity contribution is 5.96. The zero-order chi connectivity index (χ0) is 13.7. The van der Waals surface area contributed by atoms with Crippen molar-refractivity contribution < 1.29 is 9.53 Å². The van der Waals surface area contributed by atoms with Gasteiger partial charge in [-0.3, -0.25) is 4.79 Å². The van der Waals surface area contributed by atoms with E-state index in [1.165, 1.54) is 0 Å². The molecule has 0 aliphatic carbocycles. The van der Waals surface area contributed by atoms with E-state index >= 15 is 0 Å². The Morgan fingerprint density at radius 2 is 2.53 bits per heavy atom. The summed E-state index contributed by atoms with van der Waals surface area (Å²) in [6.45, 7) is 2.72. The van der Waals surface area contributed by atoms with Gasteiger partial charge in [-0.15, -0.1) is 0 Å². The van der Waals surface area contributed by atoms with Gasteiger partial charge in [-0.25, -0.2) is 4.98 Å². The maximum absolute atomic E-state index is 12.1. The number of ether oxygens (including phenoxy) is 1. The number of nitrogens with two attached hydrogens (primary N) is 1. The van der Waals surface area contributed by atoms with E-state index in [1.54, 1.807) is 25.3 Å². The second kappa shape index (κ2) is 5.83. The summed E-state index contributed by atoms with van der Waals surface area (Å²) in [7, 11) is 0. The molecule has 1 atom stereocenters. The van der Waals surface area contributed by atoms with E-state index in [0.717, 1.165) is 18.4 Å². The predicted molar refractivity (Wildman–Crippen MR) is 72.4 cm³/mol. The molecule has 2 rings (SSSR count). The van der Waals surface area contributed by atoms with E-state index in [1.807, 2.05) is 0 Å². The molecule has 2 heterocycles. The van der Waals surface area contributed by atoms with Gasteiger partial charge in [0.25, 0.3) is 5.91 Å². The quantitative estimate of drug-likeness (QED) is 0.774. The Kier molecular flexibility index (Phi) is 4.15. The summed E-state index contributed by atoms with van der Waals surface area (Å²) in [5.74, 6) is 5.97. The summed E-state index contributed by atoms with van der Waals surface area (Å²) in [6, 6.07) is 3.49. The smallest absolute Gasteiger partial charge is 0.257 e. The number of carbonyl (C=O) groups is 1. The first-order chi connectivity index (χ1) is 9.14. The molecular formula is C14H17N3O2. The number of nitrogens with zero attached hydrogens (tertiary/aromatic N) is 1. The third-order valence-electron chi connectivity index (χ3n) is 3.04. The fourth-order valence-corrected chi connectivity index (χ4v) is 1.94. The van der Waals surface area contributed by atoms with Crippen LogP contribution in [0.15, 0.2) is 18.3 Å². The minimum atomic E-state index is -0.749. The van der Waals surface area contributed by atoms with Gasteiger partial charge in [0.1, 0.15) is 11.4 Å². The molecule has 0 saturated carbocycles. The van der Waals surface area contributed by atoms with Crippen molar-refractivity contribution in [1.82, 2.24) is 4.98 Å². The van der Waals surface area contributed by atoms with Crippen molar-refractivity contribution in [3.05, 3.63) is 23.9 Å². The number of nitrogens with one attached hydrogen (secondary N) is 1.